The Morgan fingerprint density at radius 1 is 1.29 bits per heavy atom. The smallest absolute Gasteiger partial charge is 0.193 e. The number of carbonyl (C=O) groups is 1. The highest BCUT2D eigenvalue weighted by Crippen LogP contribution is 2.29. The molecule has 5 nitrogen and oxygen atoms in total. The molecule has 0 aliphatic carbocycles. The van der Waals surface area contributed by atoms with Crippen LogP contribution in [0.3, 0.4) is 0 Å². The van der Waals surface area contributed by atoms with E-state index in [1.165, 1.54) is 12.8 Å². The summed E-state index contributed by atoms with van der Waals surface area (Å²) in [5, 5.41) is 0. The van der Waals surface area contributed by atoms with Gasteiger partial charge in [0.25, 0.3) is 0 Å². The fourth-order valence-electron chi connectivity index (χ4n) is 3.15. The number of hydrogen-bond donors (Lipinski definition) is 0. The topological polar surface area (TPSA) is 48.0 Å². The number of nitrogens with zero attached hydrogens (tertiary/aromatic N) is 1. The number of Topliss-reactive ketones (excluding diaryl/α,β-unsaturated/α-hetero) is 1. The van der Waals surface area contributed by atoms with Gasteiger partial charge in [-0.25, -0.2) is 0 Å². The second-order valence-electron chi connectivity index (χ2n) is 5.55. The van der Waals surface area contributed by atoms with E-state index in [0.29, 0.717) is 36.3 Å². The Morgan fingerprint density at radius 2 is 2.10 bits per heavy atom. The van der Waals surface area contributed by atoms with Crippen molar-refractivity contribution >= 4 is 5.78 Å². The molecule has 1 aromatic rings. The first-order valence-corrected chi connectivity index (χ1v) is 7.35. The monoisotopic (exact) mass is 291 g/mol. The van der Waals surface area contributed by atoms with Crippen LogP contribution in [-0.2, 0) is 4.74 Å². The number of morpholine rings is 1. The summed E-state index contributed by atoms with van der Waals surface area (Å²) in [5.74, 6) is 1.21. The van der Waals surface area contributed by atoms with Gasteiger partial charge in [0.05, 0.1) is 20.8 Å². The summed E-state index contributed by atoms with van der Waals surface area (Å²) in [6.45, 7) is 2.42. The highest BCUT2D eigenvalue weighted by atomic mass is 16.5. The normalized spacial score (nSPS) is 25.4. The minimum atomic E-state index is -0.377. The summed E-state index contributed by atoms with van der Waals surface area (Å²) in [6.07, 6.45) is 2.00. The number of benzene rings is 1. The highest BCUT2D eigenvalue weighted by molar-refractivity contribution is 6.00. The zero-order valence-corrected chi connectivity index (χ0v) is 12.5. The molecule has 2 aliphatic heterocycles. The fourth-order valence-corrected chi connectivity index (χ4v) is 3.15. The summed E-state index contributed by atoms with van der Waals surface area (Å²) in [4.78, 5) is 15.0. The van der Waals surface area contributed by atoms with E-state index in [2.05, 4.69) is 4.90 Å². The van der Waals surface area contributed by atoms with E-state index in [1.807, 2.05) is 0 Å². The number of rotatable bonds is 4. The second kappa shape index (κ2) is 6.03. The summed E-state index contributed by atoms with van der Waals surface area (Å²) in [6, 6.07) is 5.75. The molecule has 2 fully saturated rings. The van der Waals surface area contributed by atoms with Crippen LogP contribution in [0.15, 0.2) is 18.2 Å². The first kappa shape index (κ1) is 14.4. The molecule has 3 rings (SSSR count). The quantitative estimate of drug-likeness (QED) is 0.791. The summed E-state index contributed by atoms with van der Waals surface area (Å²) in [7, 11) is 3.15. The molecule has 2 aliphatic rings. The van der Waals surface area contributed by atoms with E-state index in [-0.39, 0.29) is 11.9 Å². The van der Waals surface area contributed by atoms with Gasteiger partial charge in [0.15, 0.2) is 17.3 Å². The summed E-state index contributed by atoms with van der Waals surface area (Å²) < 4.78 is 16.2. The van der Waals surface area contributed by atoms with Gasteiger partial charge in [-0.3, -0.25) is 9.69 Å². The average molecular weight is 291 g/mol. The van der Waals surface area contributed by atoms with E-state index in [9.17, 15) is 4.79 Å². The number of hydrogen-bond acceptors (Lipinski definition) is 5. The van der Waals surface area contributed by atoms with Gasteiger partial charge in [0, 0.05) is 18.2 Å². The van der Waals surface area contributed by atoms with Gasteiger partial charge in [0.1, 0.15) is 6.10 Å². The van der Waals surface area contributed by atoms with E-state index in [4.69, 9.17) is 14.2 Å². The van der Waals surface area contributed by atoms with E-state index >= 15 is 0 Å². The molecule has 114 valence electrons. The van der Waals surface area contributed by atoms with Crippen molar-refractivity contribution in [3.05, 3.63) is 23.8 Å². The van der Waals surface area contributed by atoms with Gasteiger partial charge in [-0.2, -0.15) is 0 Å². The molecule has 1 aromatic carbocycles. The van der Waals surface area contributed by atoms with Crippen LogP contribution in [0.4, 0.5) is 0 Å². The van der Waals surface area contributed by atoms with Crippen LogP contribution in [0.2, 0.25) is 0 Å². The summed E-state index contributed by atoms with van der Waals surface area (Å²) in [5.41, 5.74) is 0.607. The third kappa shape index (κ3) is 2.76. The first-order chi connectivity index (χ1) is 10.2. The maximum atomic E-state index is 12.6. The molecular formula is C16H21NO4. The Bertz CT molecular complexity index is 531. The predicted octanol–water partition coefficient (Wildman–Crippen LogP) is 1.75. The molecule has 0 bridgehead atoms. The van der Waals surface area contributed by atoms with Crippen LogP contribution < -0.4 is 9.47 Å². The molecule has 0 aromatic heterocycles. The summed E-state index contributed by atoms with van der Waals surface area (Å²) >= 11 is 0. The van der Waals surface area contributed by atoms with Gasteiger partial charge >= 0.3 is 0 Å². The minimum Gasteiger partial charge on any atom is -0.493 e. The third-order valence-electron chi connectivity index (χ3n) is 4.35. The Hall–Kier alpha value is -1.59. The fraction of sp³-hybridized carbons (Fsp3) is 0.562. The molecule has 21 heavy (non-hydrogen) atoms. The largest absolute Gasteiger partial charge is 0.493 e. The Labute approximate surface area is 124 Å². The number of ether oxygens (including phenoxy) is 3. The van der Waals surface area contributed by atoms with Gasteiger partial charge in [-0.15, -0.1) is 0 Å². The lowest BCUT2D eigenvalue weighted by molar-refractivity contribution is -0.0344. The van der Waals surface area contributed by atoms with Crippen LogP contribution in [0.1, 0.15) is 23.2 Å². The molecule has 2 atom stereocenters. The standard InChI is InChI=1S/C16H21NO4/c1-19-13-6-5-11(8-14(13)20-2)16(18)15-9-17-7-3-4-12(17)10-21-15/h5-6,8,12,15H,3-4,7,9-10H2,1-2H3. The zero-order chi connectivity index (χ0) is 14.8. The van der Waals surface area contributed by atoms with Crippen molar-refractivity contribution in [2.75, 3.05) is 33.9 Å². The minimum absolute atomic E-state index is 0.0151. The van der Waals surface area contributed by atoms with Crippen LogP contribution in [0.5, 0.6) is 11.5 Å². The van der Waals surface area contributed by atoms with Crippen molar-refractivity contribution in [1.29, 1.82) is 0 Å². The lowest BCUT2D eigenvalue weighted by atomic mass is 10.0. The van der Waals surface area contributed by atoms with Crippen molar-refractivity contribution in [3.63, 3.8) is 0 Å². The van der Waals surface area contributed by atoms with Crippen LogP contribution >= 0.6 is 0 Å². The molecule has 0 saturated carbocycles. The van der Waals surface area contributed by atoms with Gasteiger partial charge in [-0.05, 0) is 37.6 Å². The first-order valence-electron chi connectivity index (χ1n) is 7.35. The molecule has 0 amide bonds. The van der Waals surface area contributed by atoms with Crippen molar-refractivity contribution in [3.8, 4) is 11.5 Å². The van der Waals surface area contributed by atoms with Crippen LogP contribution in [0.25, 0.3) is 0 Å². The van der Waals surface area contributed by atoms with Crippen molar-refractivity contribution in [2.45, 2.75) is 25.0 Å². The number of fused-ring (bicyclic) bond motifs is 1. The maximum Gasteiger partial charge on any atom is 0.193 e. The number of carbonyl (C=O) groups excluding carboxylic acids is 1. The van der Waals surface area contributed by atoms with E-state index < -0.39 is 0 Å². The second-order valence-corrected chi connectivity index (χ2v) is 5.55. The lowest BCUT2D eigenvalue weighted by Crippen LogP contribution is -2.49. The van der Waals surface area contributed by atoms with Gasteiger partial charge < -0.3 is 14.2 Å². The predicted molar refractivity (Wildman–Crippen MR) is 78.2 cm³/mol. The number of methoxy groups -OCH3 is 2. The molecule has 0 N–H and O–H groups in total. The zero-order valence-electron chi connectivity index (χ0n) is 12.5. The van der Waals surface area contributed by atoms with Crippen molar-refractivity contribution < 1.29 is 19.0 Å². The molecule has 2 unspecified atom stereocenters. The molecular weight excluding hydrogens is 270 g/mol. The van der Waals surface area contributed by atoms with Crippen molar-refractivity contribution in [2.24, 2.45) is 0 Å². The third-order valence-corrected chi connectivity index (χ3v) is 4.35. The van der Waals surface area contributed by atoms with E-state index in [0.717, 1.165) is 6.54 Å². The van der Waals surface area contributed by atoms with Gasteiger partial charge in [0.2, 0.25) is 0 Å². The molecule has 5 heteroatoms. The van der Waals surface area contributed by atoms with E-state index in [1.54, 1.807) is 32.4 Å². The molecule has 2 saturated heterocycles. The maximum absolute atomic E-state index is 12.6. The Morgan fingerprint density at radius 3 is 2.86 bits per heavy atom. The Balaban J connectivity index is 1.75. The molecule has 0 radical (unpaired) electrons. The molecule has 0 spiro atoms. The average Bonchev–Trinajstić information content (AvgIpc) is 3.00. The van der Waals surface area contributed by atoms with Crippen LogP contribution in [0, 0.1) is 0 Å². The van der Waals surface area contributed by atoms with Crippen molar-refractivity contribution in [1.82, 2.24) is 4.90 Å². The Kier molecular flexibility index (Phi) is 4.12. The SMILES string of the molecule is COc1ccc(C(=O)C2CN3CCCC3CO2)cc1OC. The van der Waals surface area contributed by atoms with Crippen LogP contribution in [-0.4, -0.2) is 56.7 Å². The lowest BCUT2D eigenvalue weighted by Gasteiger charge is -2.34. The highest BCUT2D eigenvalue weighted by Gasteiger charge is 2.35. The number of ketones is 1. The molecule has 2 heterocycles. The van der Waals surface area contributed by atoms with Gasteiger partial charge in [-0.1, -0.05) is 0 Å².